The Hall–Kier alpha value is -5.09. The fourth-order valence-electron chi connectivity index (χ4n) is 12.7. The minimum atomic E-state index is -4.95. The molecule has 0 aromatic carbocycles. The number of aliphatic hydroxyl groups excluding tert-OH is 2. The lowest BCUT2D eigenvalue weighted by atomic mass is 10.0. The van der Waals surface area contributed by atoms with Crippen molar-refractivity contribution >= 4 is 33.6 Å². The molecule has 0 aliphatic rings. The Morgan fingerprint density at radius 2 is 0.445 bits per heavy atom. The number of allylic oxidation sites excluding steroid dienone is 28. The highest BCUT2D eigenvalue weighted by molar-refractivity contribution is 7.47. The second-order valence-electron chi connectivity index (χ2n) is 31.4. The van der Waals surface area contributed by atoms with Gasteiger partial charge in [-0.15, -0.1) is 0 Å². The predicted molar refractivity (Wildman–Crippen MR) is 500 cm³/mol. The van der Waals surface area contributed by atoms with E-state index in [0.717, 1.165) is 173 Å². The number of hydrogen-bond donors (Lipinski definition) is 4. The molecule has 0 aromatic heterocycles. The summed E-state index contributed by atoms with van der Waals surface area (Å²) in [4.78, 5) is 59.1. The van der Waals surface area contributed by atoms with Crippen LogP contribution in [0.5, 0.6) is 0 Å². The molecule has 5 atom stereocenters. The maximum atomic E-state index is 13.1. The van der Waals surface area contributed by atoms with Crippen molar-refractivity contribution in [2.45, 2.75) is 411 Å². The van der Waals surface area contributed by atoms with E-state index in [-0.39, 0.29) is 19.3 Å². The first-order valence-electron chi connectivity index (χ1n) is 47.4. The van der Waals surface area contributed by atoms with E-state index >= 15 is 0 Å². The molecule has 119 heavy (non-hydrogen) atoms. The van der Waals surface area contributed by atoms with Gasteiger partial charge in [0.15, 0.2) is 6.10 Å². The third-order valence-corrected chi connectivity index (χ3v) is 21.8. The summed E-state index contributed by atoms with van der Waals surface area (Å²) in [6.45, 7) is 2.55. The highest BCUT2D eigenvalue weighted by Gasteiger charge is 2.30. The second kappa shape index (κ2) is 92.1. The van der Waals surface area contributed by atoms with Crippen molar-refractivity contribution in [1.29, 1.82) is 0 Å². The van der Waals surface area contributed by atoms with Gasteiger partial charge >= 0.3 is 33.6 Å². The van der Waals surface area contributed by atoms with Crippen LogP contribution in [0.3, 0.4) is 0 Å². The minimum Gasteiger partial charge on any atom is -0.463 e. The van der Waals surface area contributed by atoms with Gasteiger partial charge in [0.25, 0.3) is 0 Å². The van der Waals surface area contributed by atoms with Gasteiger partial charge in [0, 0.05) is 19.3 Å². The molecule has 0 aliphatic heterocycles. The maximum absolute atomic E-state index is 13.1. The van der Waals surface area contributed by atoms with Crippen LogP contribution < -0.4 is 0 Å². The largest absolute Gasteiger partial charge is 0.472 e. The number of aliphatic hydroxyl groups is 2. The highest BCUT2D eigenvalue weighted by Crippen LogP contribution is 2.45. The van der Waals surface area contributed by atoms with Gasteiger partial charge in [0.1, 0.15) is 25.4 Å². The summed E-state index contributed by atoms with van der Waals surface area (Å²) in [5.41, 5.74) is 0. The van der Waals surface area contributed by atoms with Crippen LogP contribution in [-0.2, 0) is 55.8 Å². The summed E-state index contributed by atoms with van der Waals surface area (Å²) in [7, 11) is -9.82. The Kier molecular flexibility index (Phi) is 88.2. The average Bonchev–Trinajstić information content (AvgIpc) is 0.903. The monoisotopic (exact) mass is 1700 g/mol. The smallest absolute Gasteiger partial charge is 0.463 e. The molecule has 18 heteroatoms. The lowest BCUT2D eigenvalue weighted by Crippen LogP contribution is -2.30. The van der Waals surface area contributed by atoms with Crippen LogP contribution in [0.2, 0.25) is 0 Å². The molecule has 682 valence electrons. The molecule has 0 saturated heterocycles. The molecule has 0 spiro atoms. The Balaban J connectivity index is 4.68. The first-order valence-corrected chi connectivity index (χ1v) is 50.4. The summed E-state index contributed by atoms with van der Waals surface area (Å²) in [5.74, 6) is -1.58. The van der Waals surface area contributed by atoms with E-state index in [2.05, 4.69) is 191 Å². The van der Waals surface area contributed by atoms with Crippen LogP contribution in [0.25, 0.3) is 0 Å². The van der Waals surface area contributed by atoms with Gasteiger partial charge in [0.05, 0.1) is 26.4 Å². The van der Waals surface area contributed by atoms with Crippen LogP contribution in [0.4, 0.5) is 0 Å². The molecule has 0 aromatic rings. The summed E-state index contributed by atoms with van der Waals surface area (Å²) in [5, 5.41) is 20.8. The van der Waals surface area contributed by atoms with Gasteiger partial charge in [-0.25, -0.2) is 9.13 Å². The zero-order chi connectivity index (χ0) is 86.5. The number of esters is 3. The molecule has 16 nitrogen and oxygen atoms in total. The Morgan fingerprint density at radius 3 is 0.706 bits per heavy atom. The highest BCUT2D eigenvalue weighted by atomic mass is 31.2. The summed E-state index contributed by atoms with van der Waals surface area (Å²) in [6, 6.07) is 0. The minimum absolute atomic E-state index is 0.0938. The third-order valence-electron chi connectivity index (χ3n) is 19.9. The zero-order valence-corrected chi connectivity index (χ0v) is 77.0. The van der Waals surface area contributed by atoms with Crippen molar-refractivity contribution in [1.82, 2.24) is 0 Å². The van der Waals surface area contributed by atoms with E-state index in [1.807, 2.05) is 0 Å². The molecule has 0 aliphatic carbocycles. The SMILES string of the molecule is CC/C=C\C/C=C\C/C=C\C/C=C\C/C=C\C/C=C\CCCCCCCCCCC(=O)OCC(COP(=O)(O)OCC(O)COP(=O)(O)OCC(O)COC(=O)CCCCCCCCCCCCCCC/C=C\C/C=C\C/C=C\C/C=C\CCCCC)OC(=O)CCCCCCCCCCCCC/C=C\C/C=C\C/C=C\C/C=C\CCCCC. The topological polar surface area (TPSA) is 231 Å². The first kappa shape index (κ1) is 114. The van der Waals surface area contributed by atoms with Crippen molar-refractivity contribution in [2.24, 2.45) is 0 Å². The van der Waals surface area contributed by atoms with Crippen molar-refractivity contribution in [3.8, 4) is 0 Å². The van der Waals surface area contributed by atoms with Crippen LogP contribution in [0.1, 0.15) is 393 Å². The van der Waals surface area contributed by atoms with Gasteiger partial charge in [-0.3, -0.25) is 32.5 Å². The Labute approximate surface area is 726 Å². The molecule has 0 amide bonds. The zero-order valence-electron chi connectivity index (χ0n) is 75.2. The first-order chi connectivity index (χ1) is 58.2. The lowest BCUT2D eigenvalue weighted by Gasteiger charge is -2.21. The standard InChI is InChI=1S/C101H172O16P2/c1-4-7-10-13-16-19-22-25-28-31-34-37-40-43-46-47-50-52-54-57-60-63-66-69-72-75-78-81-84-87-99(104)111-90-96(102)91-113-118(107,108)114-92-97(103)93-115-119(109,110)116-95-98(117-101(106)89-86-83-80-77-74-71-68-65-62-59-56-53-49-45-42-39-36-33-30-27-24-21-18-15-12-9-6-3)94-112-100(105)88-85-82-79-76-73-70-67-64-61-58-55-51-48-44-41-38-35-32-29-26-23-20-17-14-11-8-5-2/h8,11,16-21,25-30,34-39,43-46,48-49,55,58,96-98,102-103H,4-7,9-10,12-15,22-24,31-33,40-42,47,50-54,56-57,59-95H2,1-3H3,(H,107,108)(H,109,110)/b11-8-,19-16-,20-17-,21-18-,28-25-,29-26-,30-27-,37-34-,38-35-,39-36-,46-43-,48-44-,49-45-,58-55-. The summed E-state index contributed by atoms with van der Waals surface area (Å²) < 4.78 is 61.6. The molecule has 5 unspecified atom stereocenters. The fraction of sp³-hybridized carbons (Fsp3) is 0.693. The molecular formula is C101H172O16P2. The molecular weight excluding hydrogens is 1530 g/mol. The van der Waals surface area contributed by atoms with Gasteiger partial charge in [0.2, 0.25) is 0 Å². The lowest BCUT2D eigenvalue weighted by molar-refractivity contribution is -0.161. The van der Waals surface area contributed by atoms with Gasteiger partial charge in [-0.2, -0.15) is 0 Å². The van der Waals surface area contributed by atoms with E-state index in [1.165, 1.54) is 161 Å². The average molecular weight is 1700 g/mol. The number of rotatable bonds is 89. The van der Waals surface area contributed by atoms with Crippen LogP contribution in [0, 0.1) is 0 Å². The molecule has 0 radical (unpaired) electrons. The van der Waals surface area contributed by atoms with E-state index in [4.69, 9.17) is 32.3 Å². The van der Waals surface area contributed by atoms with Crippen LogP contribution >= 0.6 is 15.6 Å². The van der Waals surface area contributed by atoms with E-state index in [0.29, 0.717) is 19.3 Å². The molecule has 0 saturated carbocycles. The second-order valence-corrected chi connectivity index (χ2v) is 34.3. The fourth-order valence-corrected chi connectivity index (χ4v) is 14.3. The quantitative estimate of drug-likeness (QED) is 0.0146. The van der Waals surface area contributed by atoms with Crippen molar-refractivity contribution in [3.63, 3.8) is 0 Å². The van der Waals surface area contributed by atoms with Crippen molar-refractivity contribution < 1.29 is 75.8 Å². The summed E-state index contributed by atoms with van der Waals surface area (Å²) >= 11 is 0. The number of carbonyl (C=O) groups is 3. The van der Waals surface area contributed by atoms with E-state index in [9.17, 15) is 43.5 Å². The summed E-state index contributed by atoms with van der Waals surface area (Å²) in [6.07, 6.45) is 120. The Morgan fingerprint density at radius 1 is 0.244 bits per heavy atom. The molecule has 4 N–H and O–H groups in total. The van der Waals surface area contributed by atoms with Crippen molar-refractivity contribution in [2.75, 3.05) is 39.6 Å². The molecule has 0 bridgehead atoms. The van der Waals surface area contributed by atoms with Crippen LogP contribution in [0.15, 0.2) is 170 Å². The van der Waals surface area contributed by atoms with E-state index < -0.39 is 91.5 Å². The molecule has 0 heterocycles. The number of phosphoric acid groups is 2. The molecule has 0 fully saturated rings. The Bertz CT molecular complexity index is 2840. The number of unbranched alkanes of at least 4 members (excludes halogenated alkanes) is 38. The third kappa shape index (κ3) is 93.5. The number of phosphoric ester groups is 2. The van der Waals surface area contributed by atoms with Crippen molar-refractivity contribution in [3.05, 3.63) is 170 Å². The van der Waals surface area contributed by atoms with Gasteiger partial charge in [-0.1, -0.05) is 384 Å². The predicted octanol–water partition coefficient (Wildman–Crippen LogP) is 29.4. The molecule has 0 rings (SSSR count). The van der Waals surface area contributed by atoms with Gasteiger partial charge in [-0.05, 0) is 161 Å². The number of ether oxygens (including phenoxy) is 3. The number of hydrogen-bond acceptors (Lipinski definition) is 14. The van der Waals surface area contributed by atoms with Crippen LogP contribution in [-0.4, -0.2) is 95.9 Å². The van der Waals surface area contributed by atoms with E-state index in [1.54, 1.807) is 0 Å². The normalized spacial score (nSPS) is 14.5. The maximum Gasteiger partial charge on any atom is 0.472 e. The number of carbonyl (C=O) groups excluding carboxylic acids is 3. The van der Waals surface area contributed by atoms with Gasteiger partial charge < -0.3 is 34.2 Å².